The number of halogens is 1. The molecule has 0 spiro atoms. The number of nitrogens with one attached hydrogen (secondary N) is 2. The number of thiophene rings is 1. The summed E-state index contributed by atoms with van der Waals surface area (Å²) in [4.78, 5) is 41.0. The standard InChI is InChI=1S/C24H30ClN3O4S/c1-32-14-13-28(21(29)16-26-23(30)20-8-5-15-33-20)22(17-9-11-18(25)12-10-17)24(31)27-19-6-3-2-4-7-19/h5,8-12,15,19,22H,2-4,6-7,13-14,16H2,1H3,(H,26,30)(H,27,31)/t22-/m1/s1. The summed E-state index contributed by atoms with van der Waals surface area (Å²) in [5.41, 5.74) is 0.654. The van der Waals surface area contributed by atoms with E-state index < -0.39 is 6.04 Å². The van der Waals surface area contributed by atoms with Crippen LogP contribution < -0.4 is 10.6 Å². The van der Waals surface area contributed by atoms with Crippen molar-refractivity contribution >= 4 is 40.7 Å². The maximum atomic E-state index is 13.5. The number of methoxy groups -OCH3 is 1. The maximum absolute atomic E-state index is 13.5. The summed E-state index contributed by atoms with van der Waals surface area (Å²) >= 11 is 7.36. The molecule has 33 heavy (non-hydrogen) atoms. The zero-order valence-corrected chi connectivity index (χ0v) is 20.3. The second-order valence-corrected chi connectivity index (χ2v) is 9.42. The van der Waals surface area contributed by atoms with Gasteiger partial charge >= 0.3 is 0 Å². The first-order chi connectivity index (χ1) is 16.0. The molecule has 0 unspecified atom stereocenters. The largest absolute Gasteiger partial charge is 0.383 e. The fraction of sp³-hybridized carbons (Fsp3) is 0.458. The second kappa shape index (κ2) is 12.7. The Balaban J connectivity index is 1.81. The summed E-state index contributed by atoms with van der Waals surface area (Å²) in [7, 11) is 1.54. The molecule has 1 aliphatic rings. The third-order valence-corrected chi connectivity index (χ3v) is 6.82. The molecule has 1 aromatic carbocycles. The van der Waals surface area contributed by atoms with Gasteiger partial charge in [-0.25, -0.2) is 0 Å². The lowest BCUT2D eigenvalue weighted by atomic mass is 9.94. The number of hydrogen-bond donors (Lipinski definition) is 2. The number of hydrogen-bond acceptors (Lipinski definition) is 5. The predicted octanol–water partition coefficient (Wildman–Crippen LogP) is 3.80. The summed E-state index contributed by atoms with van der Waals surface area (Å²) < 4.78 is 5.21. The molecule has 3 rings (SSSR count). The predicted molar refractivity (Wildman–Crippen MR) is 129 cm³/mol. The maximum Gasteiger partial charge on any atom is 0.261 e. The van der Waals surface area contributed by atoms with E-state index in [1.54, 1.807) is 48.9 Å². The number of benzene rings is 1. The number of carbonyl (C=O) groups excluding carboxylic acids is 3. The highest BCUT2D eigenvalue weighted by Crippen LogP contribution is 2.25. The van der Waals surface area contributed by atoms with Gasteiger partial charge in [-0.05, 0) is 42.0 Å². The van der Waals surface area contributed by atoms with Crippen molar-refractivity contribution in [2.75, 3.05) is 26.8 Å². The van der Waals surface area contributed by atoms with E-state index in [0.29, 0.717) is 15.5 Å². The number of ether oxygens (including phenoxy) is 1. The summed E-state index contributed by atoms with van der Waals surface area (Å²) in [5, 5.41) is 8.15. The minimum absolute atomic E-state index is 0.0963. The van der Waals surface area contributed by atoms with Crippen LogP contribution in [0.3, 0.4) is 0 Å². The fourth-order valence-electron chi connectivity index (χ4n) is 3.98. The van der Waals surface area contributed by atoms with E-state index in [0.717, 1.165) is 25.7 Å². The van der Waals surface area contributed by atoms with Crippen LogP contribution >= 0.6 is 22.9 Å². The SMILES string of the molecule is COCCN(C(=O)CNC(=O)c1cccs1)[C@@H](C(=O)NC1CCCCC1)c1ccc(Cl)cc1. The topological polar surface area (TPSA) is 87.7 Å². The van der Waals surface area contributed by atoms with Crippen LogP contribution in [0.15, 0.2) is 41.8 Å². The van der Waals surface area contributed by atoms with Gasteiger partial charge in [0.15, 0.2) is 0 Å². The Morgan fingerprint density at radius 1 is 1.15 bits per heavy atom. The van der Waals surface area contributed by atoms with Gasteiger partial charge in [-0.2, -0.15) is 0 Å². The molecular weight excluding hydrogens is 462 g/mol. The normalized spacial score (nSPS) is 15.0. The molecule has 7 nitrogen and oxygen atoms in total. The van der Waals surface area contributed by atoms with Gasteiger partial charge in [0, 0.05) is 24.7 Å². The Morgan fingerprint density at radius 3 is 2.52 bits per heavy atom. The summed E-state index contributed by atoms with van der Waals surface area (Å²) in [6, 6.07) is 9.63. The number of rotatable bonds is 10. The Labute approximate surface area is 203 Å². The first kappa shape index (κ1) is 25.2. The molecule has 1 heterocycles. The van der Waals surface area contributed by atoms with E-state index in [9.17, 15) is 14.4 Å². The van der Waals surface area contributed by atoms with Gasteiger partial charge in [-0.3, -0.25) is 14.4 Å². The molecule has 0 aliphatic heterocycles. The number of carbonyl (C=O) groups is 3. The molecule has 2 N–H and O–H groups in total. The number of amides is 3. The molecule has 178 valence electrons. The van der Waals surface area contributed by atoms with Crippen molar-refractivity contribution in [3.05, 3.63) is 57.2 Å². The highest BCUT2D eigenvalue weighted by Gasteiger charge is 2.32. The van der Waals surface area contributed by atoms with Gasteiger partial charge < -0.3 is 20.3 Å². The Kier molecular flexibility index (Phi) is 9.72. The van der Waals surface area contributed by atoms with Crippen molar-refractivity contribution in [3.8, 4) is 0 Å². The van der Waals surface area contributed by atoms with Crippen molar-refractivity contribution in [1.29, 1.82) is 0 Å². The smallest absolute Gasteiger partial charge is 0.261 e. The fourth-order valence-corrected chi connectivity index (χ4v) is 4.75. The molecular formula is C24H30ClN3O4S. The van der Waals surface area contributed by atoms with Gasteiger partial charge in [0.25, 0.3) is 5.91 Å². The monoisotopic (exact) mass is 491 g/mol. The summed E-state index contributed by atoms with van der Waals surface area (Å²) in [6.45, 7) is 0.238. The third kappa shape index (κ3) is 7.28. The van der Waals surface area contributed by atoms with Crippen LogP contribution in [0.1, 0.15) is 53.4 Å². The van der Waals surface area contributed by atoms with Gasteiger partial charge in [-0.15, -0.1) is 11.3 Å². The van der Waals surface area contributed by atoms with Gasteiger partial charge in [0.05, 0.1) is 18.0 Å². The zero-order chi connectivity index (χ0) is 23.6. The molecule has 1 aliphatic carbocycles. The molecule has 0 saturated heterocycles. The number of nitrogens with zero attached hydrogens (tertiary/aromatic N) is 1. The second-order valence-electron chi connectivity index (χ2n) is 8.04. The van der Waals surface area contributed by atoms with Crippen molar-refractivity contribution in [1.82, 2.24) is 15.5 Å². The molecule has 1 saturated carbocycles. The zero-order valence-electron chi connectivity index (χ0n) is 18.7. The quantitative estimate of drug-likeness (QED) is 0.529. The van der Waals surface area contributed by atoms with Crippen LogP contribution in [0.2, 0.25) is 5.02 Å². The molecule has 1 aromatic heterocycles. The molecule has 3 amide bonds. The van der Waals surface area contributed by atoms with E-state index in [-0.39, 0.29) is 43.5 Å². The van der Waals surface area contributed by atoms with Gasteiger partial charge in [-0.1, -0.05) is 49.1 Å². The van der Waals surface area contributed by atoms with Crippen molar-refractivity contribution in [2.24, 2.45) is 0 Å². The molecule has 0 radical (unpaired) electrons. The van der Waals surface area contributed by atoms with Gasteiger partial charge in [0.2, 0.25) is 11.8 Å². The molecule has 1 fully saturated rings. The van der Waals surface area contributed by atoms with Crippen LogP contribution in [0.5, 0.6) is 0 Å². The average molecular weight is 492 g/mol. The molecule has 9 heteroatoms. The van der Waals surface area contributed by atoms with Crippen LogP contribution in [-0.4, -0.2) is 55.5 Å². The van der Waals surface area contributed by atoms with E-state index in [2.05, 4.69) is 10.6 Å². The van der Waals surface area contributed by atoms with E-state index >= 15 is 0 Å². The van der Waals surface area contributed by atoms with Gasteiger partial charge in [0.1, 0.15) is 6.04 Å². The van der Waals surface area contributed by atoms with E-state index in [4.69, 9.17) is 16.3 Å². The molecule has 0 bridgehead atoms. The van der Waals surface area contributed by atoms with Crippen molar-refractivity contribution in [2.45, 2.75) is 44.2 Å². The third-order valence-electron chi connectivity index (χ3n) is 5.70. The van der Waals surface area contributed by atoms with Crippen molar-refractivity contribution < 1.29 is 19.1 Å². The molecule has 2 aromatic rings. The minimum atomic E-state index is -0.856. The van der Waals surface area contributed by atoms with Crippen LogP contribution in [0.25, 0.3) is 0 Å². The first-order valence-corrected chi connectivity index (χ1v) is 12.4. The van der Waals surface area contributed by atoms with Crippen molar-refractivity contribution in [3.63, 3.8) is 0 Å². The lowest BCUT2D eigenvalue weighted by Crippen LogP contribution is -2.50. The Morgan fingerprint density at radius 2 is 1.88 bits per heavy atom. The molecule has 1 atom stereocenters. The highest BCUT2D eigenvalue weighted by atomic mass is 35.5. The minimum Gasteiger partial charge on any atom is -0.383 e. The Hall–Kier alpha value is -2.42. The lowest BCUT2D eigenvalue weighted by Gasteiger charge is -2.33. The van der Waals surface area contributed by atoms with Crippen LogP contribution in [-0.2, 0) is 14.3 Å². The average Bonchev–Trinajstić information content (AvgIpc) is 3.36. The summed E-state index contributed by atoms with van der Waals surface area (Å²) in [5.74, 6) is -0.922. The highest BCUT2D eigenvalue weighted by molar-refractivity contribution is 7.12. The summed E-state index contributed by atoms with van der Waals surface area (Å²) in [6.07, 6.45) is 5.20. The first-order valence-electron chi connectivity index (χ1n) is 11.2. The van der Waals surface area contributed by atoms with Crippen LogP contribution in [0.4, 0.5) is 0 Å². The van der Waals surface area contributed by atoms with E-state index in [1.807, 2.05) is 0 Å². The lowest BCUT2D eigenvalue weighted by molar-refractivity contribution is -0.141. The van der Waals surface area contributed by atoms with Crippen LogP contribution in [0, 0.1) is 0 Å². The Bertz CT molecular complexity index is 914. The van der Waals surface area contributed by atoms with E-state index in [1.165, 1.54) is 22.7 Å².